The number of carbonyl (C=O) groups is 2. The van der Waals surface area contributed by atoms with Crippen LogP contribution in [0.4, 0.5) is 17.1 Å². The Kier molecular flexibility index (Phi) is 6.40. The van der Waals surface area contributed by atoms with E-state index in [9.17, 15) is 19.7 Å². The van der Waals surface area contributed by atoms with Crippen molar-refractivity contribution in [3.8, 4) is 0 Å². The lowest BCUT2D eigenvalue weighted by atomic mass is 10.2. The summed E-state index contributed by atoms with van der Waals surface area (Å²) in [6, 6.07) is 13.2. The highest BCUT2D eigenvalue weighted by Crippen LogP contribution is 2.28. The minimum Gasteiger partial charge on any atom is -0.366 e. The van der Waals surface area contributed by atoms with Crippen LogP contribution in [0.1, 0.15) is 16.8 Å². The number of nitro benzene ring substituents is 1. The molecule has 1 aliphatic rings. The molecule has 152 valence electrons. The van der Waals surface area contributed by atoms with Crippen LogP contribution in [0, 0.1) is 10.1 Å². The lowest BCUT2D eigenvalue weighted by molar-refractivity contribution is -0.384. The fraction of sp³-hybridized carbons (Fsp3) is 0.300. The first-order valence-electron chi connectivity index (χ1n) is 9.34. The number of carbonyl (C=O) groups excluding carboxylic acids is 2. The molecule has 9 nitrogen and oxygen atoms in total. The third-order valence-electron chi connectivity index (χ3n) is 4.90. The number of anilines is 2. The number of hydrogen-bond acceptors (Lipinski definition) is 6. The zero-order chi connectivity index (χ0) is 20.8. The molecule has 0 atom stereocenters. The van der Waals surface area contributed by atoms with Crippen molar-refractivity contribution in [1.82, 2.24) is 4.90 Å². The van der Waals surface area contributed by atoms with Crippen LogP contribution in [0.15, 0.2) is 48.5 Å². The van der Waals surface area contributed by atoms with Crippen molar-refractivity contribution < 1.29 is 14.5 Å². The maximum atomic E-state index is 12.2. The Morgan fingerprint density at radius 1 is 1.03 bits per heavy atom. The predicted octanol–water partition coefficient (Wildman–Crippen LogP) is 1.84. The van der Waals surface area contributed by atoms with E-state index in [-0.39, 0.29) is 16.5 Å². The number of para-hydroxylation sites is 2. The SMILES string of the molecule is NC(=O)c1ccc(NC(=O)CCN2CCN(c3ccccc3[N+](=O)[O-])CC2)cc1. The van der Waals surface area contributed by atoms with Gasteiger partial charge in [0.25, 0.3) is 5.69 Å². The second-order valence-electron chi connectivity index (χ2n) is 6.81. The minimum atomic E-state index is -0.511. The molecule has 2 aromatic carbocycles. The summed E-state index contributed by atoms with van der Waals surface area (Å²) in [6.45, 7) is 3.40. The summed E-state index contributed by atoms with van der Waals surface area (Å²) in [5, 5.41) is 14.0. The molecule has 3 rings (SSSR count). The Bertz CT molecular complexity index is 892. The molecule has 0 aliphatic carbocycles. The van der Waals surface area contributed by atoms with Crippen molar-refractivity contribution in [2.45, 2.75) is 6.42 Å². The van der Waals surface area contributed by atoms with E-state index < -0.39 is 5.91 Å². The molecule has 0 radical (unpaired) electrons. The average Bonchev–Trinajstić information content (AvgIpc) is 2.73. The minimum absolute atomic E-state index is 0.113. The number of benzene rings is 2. The van der Waals surface area contributed by atoms with Crippen LogP contribution in [0.25, 0.3) is 0 Å². The molecule has 0 aromatic heterocycles. The molecular formula is C20H23N5O4. The number of primary amides is 1. The van der Waals surface area contributed by atoms with E-state index in [2.05, 4.69) is 10.2 Å². The normalized spacial score (nSPS) is 14.4. The Balaban J connectivity index is 1.46. The number of rotatable bonds is 7. The van der Waals surface area contributed by atoms with Gasteiger partial charge in [-0.2, -0.15) is 0 Å². The van der Waals surface area contributed by atoms with Crippen molar-refractivity contribution in [3.05, 3.63) is 64.2 Å². The van der Waals surface area contributed by atoms with Crippen molar-refractivity contribution >= 4 is 28.9 Å². The number of nitrogens with two attached hydrogens (primary N) is 1. The molecule has 1 aliphatic heterocycles. The quantitative estimate of drug-likeness (QED) is 0.543. The molecule has 2 aromatic rings. The van der Waals surface area contributed by atoms with Crippen molar-refractivity contribution in [2.24, 2.45) is 5.73 Å². The first kappa shape index (κ1) is 20.3. The van der Waals surface area contributed by atoms with Crippen LogP contribution in [0.5, 0.6) is 0 Å². The molecule has 0 saturated carbocycles. The molecule has 0 unspecified atom stereocenters. The van der Waals surface area contributed by atoms with Crippen LogP contribution in [-0.2, 0) is 4.79 Å². The van der Waals surface area contributed by atoms with E-state index >= 15 is 0 Å². The summed E-state index contributed by atoms with van der Waals surface area (Å²) in [5.41, 5.74) is 6.94. The average molecular weight is 397 g/mol. The molecule has 29 heavy (non-hydrogen) atoms. The highest BCUT2D eigenvalue weighted by molar-refractivity contribution is 5.94. The lowest BCUT2D eigenvalue weighted by Gasteiger charge is -2.35. The van der Waals surface area contributed by atoms with Crippen molar-refractivity contribution in [2.75, 3.05) is 42.9 Å². The summed E-state index contributed by atoms with van der Waals surface area (Å²) in [6.07, 6.45) is 0.336. The number of hydrogen-bond donors (Lipinski definition) is 2. The first-order valence-corrected chi connectivity index (χ1v) is 9.34. The second-order valence-corrected chi connectivity index (χ2v) is 6.81. The monoisotopic (exact) mass is 397 g/mol. The number of nitrogens with zero attached hydrogens (tertiary/aromatic N) is 3. The van der Waals surface area contributed by atoms with Crippen molar-refractivity contribution in [3.63, 3.8) is 0 Å². The summed E-state index contributed by atoms with van der Waals surface area (Å²) in [7, 11) is 0. The van der Waals surface area contributed by atoms with E-state index in [4.69, 9.17) is 5.73 Å². The molecule has 2 amide bonds. The summed E-state index contributed by atoms with van der Waals surface area (Å²) < 4.78 is 0. The Labute approximate surface area is 168 Å². The standard InChI is InChI=1S/C20H23N5O4/c21-20(27)15-5-7-16(8-6-15)22-19(26)9-10-23-11-13-24(14-12-23)17-3-1-2-4-18(17)25(28)29/h1-8H,9-14H2,(H2,21,27)(H,22,26). The third-order valence-corrected chi connectivity index (χ3v) is 4.90. The highest BCUT2D eigenvalue weighted by atomic mass is 16.6. The van der Waals surface area contributed by atoms with Gasteiger partial charge in [0.15, 0.2) is 0 Å². The molecule has 3 N–H and O–H groups in total. The van der Waals surface area contributed by atoms with Crippen LogP contribution < -0.4 is 16.0 Å². The van der Waals surface area contributed by atoms with E-state index in [1.54, 1.807) is 42.5 Å². The molecule has 0 spiro atoms. The van der Waals surface area contributed by atoms with E-state index in [1.807, 2.05) is 4.90 Å². The third kappa shape index (κ3) is 5.29. The van der Waals surface area contributed by atoms with Gasteiger partial charge in [0.2, 0.25) is 11.8 Å². The van der Waals surface area contributed by atoms with E-state index in [1.165, 1.54) is 6.07 Å². The maximum Gasteiger partial charge on any atom is 0.292 e. The van der Waals surface area contributed by atoms with Gasteiger partial charge < -0.3 is 16.0 Å². The highest BCUT2D eigenvalue weighted by Gasteiger charge is 2.23. The van der Waals surface area contributed by atoms with Gasteiger partial charge in [0.05, 0.1) is 4.92 Å². The summed E-state index contributed by atoms with van der Waals surface area (Å²) >= 11 is 0. The van der Waals surface area contributed by atoms with Crippen LogP contribution in [-0.4, -0.2) is 54.4 Å². The van der Waals surface area contributed by atoms with Gasteiger partial charge in [0.1, 0.15) is 5.69 Å². The summed E-state index contributed by atoms with van der Waals surface area (Å²) in [4.78, 5) is 38.3. The topological polar surface area (TPSA) is 122 Å². The van der Waals surface area contributed by atoms with Gasteiger partial charge in [-0.15, -0.1) is 0 Å². The molecular weight excluding hydrogens is 374 g/mol. The second kappa shape index (κ2) is 9.16. The number of nitro groups is 1. The van der Waals surface area contributed by atoms with Crippen LogP contribution in [0.2, 0.25) is 0 Å². The molecule has 1 fully saturated rings. The van der Waals surface area contributed by atoms with Gasteiger partial charge in [-0.1, -0.05) is 12.1 Å². The van der Waals surface area contributed by atoms with Gasteiger partial charge >= 0.3 is 0 Å². The first-order chi connectivity index (χ1) is 13.9. The molecule has 0 bridgehead atoms. The molecule has 1 heterocycles. The van der Waals surface area contributed by atoms with Gasteiger partial charge in [0, 0.05) is 56.5 Å². The number of piperazine rings is 1. The van der Waals surface area contributed by atoms with Gasteiger partial charge in [-0.05, 0) is 30.3 Å². The fourth-order valence-corrected chi connectivity index (χ4v) is 3.30. The number of amides is 2. The summed E-state index contributed by atoms with van der Waals surface area (Å²) in [5.74, 6) is -0.624. The maximum absolute atomic E-state index is 12.2. The fourth-order valence-electron chi connectivity index (χ4n) is 3.30. The molecule has 1 saturated heterocycles. The zero-order valence-corrected chi connectivity index (χ0v) is 15.9. The van der Waals surface area contributed by atoms with E-state index in [0.29, 0.717) is 43.0 Å². The Morgan fingerprint density at radius 3 is 2.31 bits per heavy atom. The van der Waals surface area contributed by atoms with Crippen molar-refractivity contribution in [1.29, 1.82) is 0 Å². The van der Waals surface area contributed by atoms with Gasteiger partial charge in [-0.3, -0.25) is 24.6 Å². The van der Waals surface area contributed by atoms with Crippen LogP contribution in [0.3, 0.4) is 0 Å². The lowest BCUT2D eigenvalue weighted by Crippen LogP contribution is -2.47. The molecule has 9 heteroatoms. The van der Waals surface area contributed by atoms with Gasteiger partial charge in [-0.25, -0.2) is 0 Å². The largest absolute Gasteiger partial charge is 0.366 e. The smallest absolute Gasteiger partial charge is 0.292 e. The Morgan fingerprint density at radius 2 is 1.69 bits per heavy atom. The number of nitrogens with one attached hydrogen (secondary N) is 1. The predicted molar refractivity (Wildman–Crippen MR) is 110 cm³/mol. The van der Waals surface area contributed by atoms with E-state index in [0.717, 1.165) is 13.1 Å². The van der Waals surface area contributed by atoms with Crippen LogP contribution >= 0.6 is 0 Å². The Hall–Kier alpha value is -3.46. The zero-order valence-electron chi connectivity index (χ0n) is 15.9.